The number of carbonyl (C=O) groups is 2. The monoisotopic (exact) mass is 874 g/mol. The van der Waals surface area contributed by atoms with Crippen LogP contribution in [0.5, 0.6) is 0 Å². The van der Waals surface area contributed by atoms with Gasteiger partial charge in [-0.3, -0.25) is 33.9 Å². The van der Waals surface area contributed by atoms with Gasteiger partial charge in [-0.1, -0.05) is 24.3 Å². The van der Waals surface area contributed by atoms with Crippen molar-refractivity contribution in [3.63, 3.8) is 0 Å². The topological polar surface area (TPSA) is 173 Å². The number of aryl methyl sites for hydroxylation is 1. The number of carbonyl (C=O) groups excluding carboxylic acids is 2. The molecule has 0 saturated carbocycles. The van der Waals surface area contributed by atoms with Gasteiger partial charge in [-0.15, -0.1) is 0 Å². The Morgan fingerprint density at radius 1 is 1.00 bits per heavy atom. The Labute approximate surface area is 348 Å². The third-order valence-electron chi connectivity index (χ3n) is 11.3. The summed E-state index contributed by atoms with van der Waals surface area (Å²) in [7, 11) is 0.218. The van der Waals surface area contributed by atoms with E-state index >= 15 is 0 Å². The summed E-state index contributed by atoms with van der Waals surface area (Å²) in [5.41, 5.74) is 6.22. The van der Waals surface area contributed by atoms with Crippen molar-refractivity contribution in [3.8, 4) is 0 Å². The number of piperidine rings is 3. The lowest BCUT2D eigenvalue weighted by Crippen LogP contribution is -2.44. The van der Waals surface area contributed by atoms with E-state index in [4.69, 9.17) is 5.73 Å². The molecule has 0 aliphatic carbocycles. The van der Waals surface area contributed by atoms with E-state index in [1.54, 1.807) is 17.7 Å². The maximum atomic E-state index is 13.8. The number of para-hydroxylation sites is 1. The van der Waals surface area contributed by atoms with Gasteiger partial charge in [0.25, 0.3) is 0 Å². The van der Waals surface area contributed by atoms with Crippen LogP contribution in [0.1, 0.15) is 72.9 Å². The van der Waals surface area contributed by atoms with E-state index < -0.39 is 58.7 Å². The minimum Gasteiger partial charge on any atom is -0.404 e. The Balaban J connectivity index is 0.947. The molecule has 2 aromatic carbocycles. The van der Waals surface area contributed by atoms with Crippen molar-refractivity contribution in [1.29, 1.82) is 0 Å². The third kappa shape index (κ3) is 9.88. The molecule has 2 atom stereocenters. The molecule has 2 aromatic heterocycles. The number of amides is 2. The van der Waals surface area contributed by atoms with Crippen molar-refractivity contribution in [3.05, 3.63) is 87.7 Å². The SMILES string of the molecule is Cn1c(=O)n(C2CCC(=O)NC2=O)c2cccc(C3CCN(Cc4cccc(S(=O)N5CCC(Nc6ncc(C(F)(F)F)c(/C(C=NCC(F)(F)F)=C/N)n6)CC5)c4)CC3)c21. The van der Waals surface area contributed by atoms with E-state index in [-0.39, 0.29) is 42.3 Å². The van der Waals surface area contributed by atoms with Crippen molar-refractivity contribution >= 4 is 51.6 Å². The number of allylic oxidation sites excluding steroid dienone is 1. The van der Waals surface area contributed by atoms with Crippen LogP contribution in [0.15, 0.2) is 69.5 Å². The number of imidazole rings is 1. The van der Waals surface area contributed by atoms with Gasteiger partial charge in [0.05, 0.1) is 21.6 Å². The zero-order valence-corrected chi connectivity index (χ0v) is 33.8. The van der Waals surface area contributed by atoms with Crippen molar-refractivity contribution in [1.82, 2.24) is 33.6 Å². The second-order valence-corrected chi connectivity index (χ2v) is 16.8. The van der Waals surface area contributed by atoms with Gasteiger partial charge in [0.2, 0.25) is 17.8 Å². The van der Waals surface area contributed by atoms with Gasteiger partial charge < -0.3 is 11.1 Å². The number of halogens is 6. The van der Waals surface area contributed by atoms with Crippen molar-refractivity contribution in [2.45, 2.75) is 80.3 Å². The van der Waals surface area contributed by atoms with E-state index in [0.29, 0.717) is 61.5 Å². The molecule has 3 fully saturated rings. The summed E-state index contributed by atoms with van der Waals surface area (Å²) in [6.45, 7) is 1.39. The summed E-state index contributed by atoms with van der Waals surface area (Å²) in [4.78, 5) is 51.8. The van der Waals surface area contributed by atoms with Crippen molar-refractivity contribution in [2.24, 2.45) is 17.8 Å². The number of fused-ring (bicyclic) bond motifs is 1. The number of aliphatic imine (C=N–C) groups is 1. The Morgan fingerprint density at radius 3 is 2.39 bits per heavy atom. The molecule has 7 rings (SSSR count). The molecule has 2 unspecified atom stereocenters. The van der Waals surface area contributed by atoms with Crippen LogP contribution in [0.3, 0.4) is 0 Å². The molecule has 4 N–H and O–H groups in total. The smallest absolute Gasteiger partial charge is 0.404 e. The second-order valence-electron chi connectivity index (χ2n) is 15.3. The lowest BCUT2D eigenvalue weighted by molar-refractivity contribution is -0.138. The standard InChI is InChI=1S/C40H44F6N10O4S/c1-53-35-29(6-3-7-31(35)56(38(53)59)32-8-9-33(57)51-36(32)58)25-10-14-54(15-11-25)22-24-4-2-5-28(18-24)61(60)55-16-12-27(13-17-55)50-37-49-21-30(40(44,45)46)34(52-37)26(19-47)20-48-23-39(41,42)43/h2-7,18-21,25,27,32H,8-17,22-23,47H2,1H3,(H,49,50,52)(H,51,57,58)/b26-19+,48-20?. The van der Waals surface area contributed by atoms with Crippen molar-refractivity contribution in [2.75, 3.05) is 38.0 Å². The molecular formula is C40H44F6N10O4S. The average Bonchev–Trinajstić information content (AvgIpc) is 3.47. The Bertz CT molecular complexity index is 2430. The summed E-state index contributed by atoms with van der Waals surface area (Å²) in [6, 6.07) is 12.3. The van der Waals surface area contributed by atoms with Gasteiger partial charge in [0.15, 0.2) is 0 Å². The zero-order valence-electron chi connectivity index (χ0n) is 33.0. The van der Waals surface area contributed by atoms with E-state index in [1.165, 1.54) is 4.57 Å². The molecule has 0 bridgehead atoms. The molecule has 21 heteroatoms. The highest BCUT2D eigenvalue weighted by Gasteiger charge is 2.37. The van der Waals surface area contributed by atoms with Gasteiger partial charge in [-0.2, -0.15) is 26.3 Å². The van der Waals surface area contributed by atoms with Gasteiger partial charge in [-0.05, 0) is 80.4 Å². The molecular weight excluding hydrogens is 831 g/mol. The predicted molar refractivity (Wildman–Crippen MR) is 216 cm³/mol. The van der Waals surface area contributed by atoms with E-state index in [2.05, 4.69) is 30.5 Å². The van der Waals surface area contributed by atoms with Crippen LogP contribution in [0.25, 0.3) is 16.6 Å². The number of alkyl halides is 6. The summed E-state index contributed by atoms with van der Waals surface area (Å²) < 4.78 is 97.9. The first-order chi connectivity index (χ1) is 29.0. The maximum absolute atomic E-state index is 13.8. The molecule has 3 aliphatic heterocycles. The summed E-state index contributed by atoms with van der Waals surface area (Å²) in [5.74, 6) is -0.808. The molecule has 2 amide bonds. The number of anilines is 1. The number of nitrogens with two attached hydrogens (primary N) is 1. The Kier molecular flexibility index (Phi) is 12.8. The largest absolute Gasteiger partial charge is 0.419 e. The highest BCUT2D eigenvalue weighted by atomic mass is 32.2. The lowest BCUT2D eigenvalue weighted by Gasteiger charge is -2.33. The molecule has 61 heavy (non-hydrogen) atoms. The highest BCUT2D eigenvalue weighted by Crippen LogP contribution is 2.36. The van der Waals surface area contributed by atoms with Gasteiger partial charge in [0.1, 0.15) is 29.1 Å². The lowest BCUT2D eigenvalue weighted by atomic mass is 9.88. The molecule has 4 aromatic rings. The number of hydrogen-bond donors (Lipinski definition) is 3. The van der Waals surface area contributed by atoms with Crippen LogP contribution in [0.2, 0.25) is 0 Å². The van der Waals surface area contributed by atoms with E-state index in [9.17, 15) is 44.9 Å². The summed E-state index contributed by atoms with van der Waals surface area (Å²) >= 11 is 0. The number of benzene rings is 2. The van der Waals surface area contributed by atoms with E-state index in [0.717, 1.165) is 42.6 Å². The Morgan fingerprint density at radius 2 is 1.72 bits per heavy atom. The zero-order chi connectivity index (χ0) is 43.6. The third-order valence-corrected chi connectivity index (χ3v) is 12.8. The van der Waals surface area contributed by atoms with E-state index in [1.807, 2.05) is 40.7 Å². The second kappa shape index (κ2) is 17.9. The minimum absolute atomic E-state index is 0.166. The number of rotatable bonds is 11. The van der Waals surface area contributed by atoms with Crippen molar-refractivity contribution < 1.29 is 40.1 Å². The molecule has 3 saturated heterocycles. The number of imide groups is 1. The van der Waals surface area contributed by atoms with Crippen LogP contribution in [0, 0.1) is 0 Å². The van der Waals surface area contributed by atoms with Gasteiger partial charge >= 0.3 is 18.0 Å². The molecule has 14 nitrogen and oxygen atoms in total. The first kappa shape index (κ1) is 43.7. The Hall–Kier alpha value is -5.41. The minimum atomic E-state index is -4.92. The molecule has 0 spiro atoms. The summed E-state index contributed by atoms with van der Waals surface area (Å²) in [5, 5.41) is 5.36. The highest BCUT2D eigenvalue weighted by molar-refractivity contribution is 7.82. The number of hydrogen-bond acceptors (Lipinski definition) is 10. The molecule has 0 radical (unpaired) electrons. The van der Waals surface area contributed by atoms with Crippen LogP contribution in [0.4, 0.5) is 32.3 Å². The fourth-order valence-corrected chi connectivity index (χ4v) is 9.54. The summed E-state index contributed by atoms with van der Waals surface area (Å²) in [6.07, 6.45) is -4.72. The predicted octanol–water partition coefficient (Wildman–Crippen LogP) is 5.04. The number of nitrogens with zero attached hydrogens (tertiary/aromatic N) is 7. The molecule has 3 aliphatic rings. The fraction of sp³-hybridized carbons (Fsp3) is 0.450. The van der Waals surface area contributed by atoms with Crippen LogP contribution in [-0.2, 0) is 40.3 Å². The molecule has 5 heterocycles. The van der Waals surface area contributed by atoms with Gasteiger partial charge in [-0.25, -0.2) is 23.3 Å². The number of aromatic nitrogens is 4. The average molecular weight is 875 g/mol. The van der Waals surface area contributed by atoms with Gasteiger partial charge in [0, 0.05) is 63.3 Å². The first-order valence-corrected chi connectivity index (χ1v) is 20.8. The van der Waals surface area contributed by atoms with Crippen LogP contribution in [-0.4, -0.2) is 95.5 Å². The quantitative estimate of drug-likeness (QED) is 0.106. The first-order valence-electron chi connectivity index (χ1n) is 19.7. The normalized spacial score (nSPS) is 20.1. The van der Waals surface area contributed by atoms with Crippen LogP contribution >= 0.6 is 0 Å². The maximum Gasteiger partial charge on any atom is 0.419 e. The fourth-order valence-electron chi connectivity index (χ4n) is 8.25. The molecule has 326 valence electrons. The number of likely N-dealkylation sites (tertiary alicyclic amines) is 1. The van der Waals surface area contributed by atoms with Crippen LogP contribution < -0.4 is 22.1 Å². The number of nitrogens with one attached hydrogen (secondary N) is 2.